The van der Waals surface area contributed by atoms with E-state index in [1.54, 1.807) is 31.4 Å². The van der Waals surface area contributed by atoms with Crippen LogP contribution in [0.2, 0.25) is 0 Å². The maximum Gasteiger partial charge on any atom is 0.342 e. The molecule has 0 saturated heterocycles. The summed E-state index contributed by atoms with van der Waals surface area (Å²) in [5.41, 5.74) is 4.14. The smallest absolute Gasteiger partial charge is 0.342 e. The minimum absolute atomic E-state index is 0.369. The summed E-state index contributed by atoms with van der Waals surface area (Å²) in [6, 6.07) is 24.6. The third kappa shape index (κ3) is 3.18. The number of cyclic esters (lactones) is 1. The van der Waals surface area contributed by atoms with E-state index in [0.717, 1.165) is 22.0 Å². The van der Waals surface area contributed by atoms with Crippen molar-refractivity contribution in [2.75, 3.05) is 7.11 Å². The van der Waals surface area contributed by atoms with Gasteiger partial charge in [-0.1, -0.05) is 48.5 Å². The molecule has 1 N–H and O–H groups in total. The lowest BCUT2D eigenvalue weighted by Gasteiger charge is -2.26. The average Bonchev–Trinajstić information content (AvgIpc) is 3.28. The van der Waals surface area contributed by atoms with Gasteiger partial charge in [-0.05, 0) is 35.9 Å². The van der Waals surface area contributed by atoms with E-state index in [4.69, 9.17) is 9.47 Å². The van der Waals surface area contributed by atoms with E-state index in [0.29, 0.717) is 28.9 Å². The quantitative estimate of drug-likeness (QED) is 0.475. The lowest BCUT2D eigenvalue weighted by atomic mass is 9.88. The summed E-state index contributed by atoms with van der Waals surface area (Å²) in [6.45, 7) is 0. The summed E-state index contributed by atoms with van der Waals surface area (Å²) in [5.74, 6) is -1.75. The molecule has 0 fully saturated rings. The van der Waals surface area contributed by atoms with Crippen molar-refractivity contribution in [3.05, 3.63) is 107 Å². The van der Waals surface area contributed by atoms with E-state index >= 15 is 0 Å². The highest BCUT2D eigenvalue weighted by Crippen LogP contribution is 2.46. The van der Waals surface area contributed by atoms with Crippen LogP contribution in [0.3, 0.4) is 0 Å². The zero-order valence-corrected chi connectivity index (χ0v) is 17.9. The van der Waals surface area contributed by atoms with Crippen LogP contribution >= 0.6 is 0 Å². The average molecular weight is 425 g/mol. The van der Waals surface area contributed by atoms with Crippen LogP contribution in [-0.2, 0) is 28.8 Å². The molecule has 160 valence electrons. The Bertz CT molecular complexity index is 1340. The number of fused-ring (bicyclic) bond motifs is 1. The number of ether oxygens (including phenoxy) is 2. The molecule has 5 nitrogen and oxygen atoms in total. The largest absolute Gasteiger partial charge is 0.497 e. The summed E-state index contributed by atoms with van der Waals surface area (Å²) >= 11 is 0. The first-order valence-electron chi connectivity index (χ1n) is 10.4. The maximum atomic E-state index is 13.3. The van der Waals surface area contributed by atoms with Gasteiger partial charge in [-0.15, -0.1) is 0 Å². The zero-order chi connectivity index (χ0) is 22.3. The number of aliphatic hydroxyl groups is 1. The normalized spacial score (nSPS) is 18.3. The number of carbonyl (C=O) groups is 1. The summed E-state index contributed by atoms with van der Waals surface area (Å²) in [5, 5.41) is 12.7. The van der Waals surface area contributed by atoms with Crippen molar-refractivity contribution in [2.45, 2.75) is 12.2 Å². The van der Waals surface area contributed by atoms with Crippen LogP contribution < -0.4 is 4.74 Å². The Kier molecular flexibility index (Phi) is 4.83. The summed E-state index contributed by atoms with van der Waals surface area (Å²) in [4.78, 5) is 13.3. The monoisotopic (exact) mass is 425 g/mol. The standard InChI is InChI=1S/C27H23NO4/c1-28-17-22(21-10-6-7-11-24(21)28)25-23(16-18-8-4-3-5-9-18)27(30,32-26(25)29)19-12-14-20(31-2)15-13-19/h3-15,17,30H,16H2,1-2H3. The molecule has 1 atom stereocenters. The first-order chi connectivity index (χ1) is 15.5. The van der Waals surface area contributed by atoms with Crippen molar-refractivity contribution in [1.29, 1.82) is 0 Å². The molecule has 0 radical (unpaired) electrons. The van der Waals surface area contributed by atoms with Gasteiger partial charge in [0.2, 0.25) is 0 Å². The highest BCUT2D eigenvalue weighted by Gasteiger charge is 2.48. The van der Waals surface area contributed by atoms with Crippen LogP contribution in [0.4, 0.5) is 0 Å². The molecule has 0 amide bonds. The van der Waals surface area contributed by atoms with Gasteiger partial charge in [0.25, 0.3) is 5.79 Å². The van der Waals surface area contributed by atoms with Crippen molar-refractivity contribution in [2.24, 2.45) is 7.05 Å². The molecule has 1 aliphatic heterocycles. The van der Waals surface area contributed by atoms with Crippen molar-refractivity contribution < 1.29 is 19.4 Å². The zero-order valence-electron chi connectivity index (χ0n) is 17.9. The summed E-state index contributed by atoms with van der Waals surface area (Å²) < 4.78 is 12.9. The van der Waals surface area contributed by atoms with Crippen LogP contribution in [0.1, 0.15) is 16.7 Å². The van der Waals surface area contributed by atoms with Crippen LogP contribution in [0, 0.1) is 0 Å². The fourth-order valence-corrected chi connectivity index (χ4v) is 4.41. The van der Waals surface area contributed by atoms with Gasteiger partial charge in [-0.2, -0.15) is 0 Å². The molecule has 4 aromatic rings. The SMILES string of the molecule is COc1ccc(C2(O)OC(=O)C(c3cn(C)c4ccccc34)=C2Cc2ccccc2)cc1. The number of aromatic nitrogens is 1. The second-order valence-corrected chi connectivity index (χ2v) is 7.95. The lowest BCUT2D eigenvalue weighted by Crippen LogP contribution is -2.29. The molecule has 0 bridgehead atoms. The third-order valence-corrected chi connectivity index (χ3v) is 6.03. The summed E-state index contributed by atoms with van der Waals surface area (Å²) in [7, 11) is 3.53. The number of methoxy groups -OCH3 is 1. The molecule has 1 aromatic heterocycles. The number of esters is 1. The Balaban J connectivity index is 1.75. The number of aryl methyl sites for hydroxylation is 1. The second-order valence-electron chi connectivity index (χ2n) is 7.95. The second kappa shape index (κ2) is 7.70. The lowest BCUT2D eigenvalue weighted by molar-refractivity contribution is -0.185. The molecule has 0 aliphatic carbocycles. The third-order valence-electron chi connectivity index (χ3n) is 6.03. The van der Waals surface area contributed by atoms with E-state index in [1.807, 2.05) is 72.4 Å². The van der Waals surface area contributed by atoms with Crippen molar-refractivity contribution in [3.63, 3.8) is 0 Å². The van der Waals surface area contributed by atoms with E-state index in [2.05, 4.69) is 0 Å². The van der Waals surface area contributed by atoms with Gasteiger partial charge in [0.15, 0.2) is 0 Å². The fraction of sp³-hybridized carbons (Fsp3) is 0.148. The number of para-hydroxylation sites is 1. The van der Waals surface area contributed by atoms with Crippen LogP contribution in [0.25, 0.3) is 16.5 Å². The molecular weight excluding hydrogens is 402 g/mol. The van der Waals surface area contributed by atoms with Gasteiger partial charge in [0.1, 0.15) is 5.75 Å². The highest BCUT2D eigenvalue weighted by molar-refractivity contribution is 6.23. The minimum Gasteiger partial charge on any atom is -0.497 e. The molecule has 0 spiro atoms. The number of hydrogen-bond donors (Lipinski definition) is 1. The van der Waals surface area contributed by atoms with E-state index in [1.165, 1.54) is 0 Å². The molecule has 5 heteroatoms. The van der Waals surface area contributed by atoms with E-state index in [9.17, 15) is 9.90 Å². The van der Waals surface area contributed by atoms with Crippen LogP contribution in [-0.4, -0.2) is 22.8 Å². The molecule has 5 rings (SSSR count). The Hall–Kier alpha value is -3.83. The Morgan fingerprint density at radius 1 is 0.969 bits per heavy atom. The minimum atomic E-state index is -1.87. The number of hydrogen-bond acceptors (Lipinski definition) is 4. The molecule has 2 heterocycles. The Morgan fingerprint density at radius 3 is 2.38 bits per heavy atom. The number of nitrogens with zero attached hydrogens (tertiary/aromatic N) is 1. The molecular formula is C27H23NO4. The predicted octanol–water partition coefficient (Wildman–Crippen LogP) is 4.59. The molecule has 0 saturated carbocycles. The van der Waals surface area contributed by atoms with Gasteiger partial charge >= 0.3 is 5.97 Å². The first-order valence-corrected chi connectivity index (χ1v) is 10.4. The van der Waals surface area contributed by atoms with Crippen molar-refractivity contribution in [3.8, 4) is 5.75 Å². The van der Waals surface area contributed by atoms with E-state index in [-0.39, 0.29) is 0 Å². The van der Waals surface area contributed by atoms with Crippen LogP contribution in [0.15, 0.2) is 90.6 Å². The number of carbonyl (C=O) groups excluding carboxylic acids is 1. The predicted molar refractivity (Wildman–Crippen MR) is 123 cm³/mol. The van der Waals surface area contributed by atoms with Gasteiger partial charge in [-0.3, -0.25) is 0 Å². The van der Waals surface area contributed by atoms with Gasteiger partial charge in [0, 0.05) is 47.3 Å². The Morgan fingerprint density at radius 2 is 1.66 bits per heavy atom. The molecule has 1 aliphatic rings. The summed E-state index contributed by atoms with van der Waals surface area (Å²) in [6.07, 6.45) is 2.29. The molecule has 3 aromatic carbocycles. The van der Waals surface area contributed by atoms with Crippen LogP contribution in [0.5, 0.6) is 5.75 Å². The van der Waals surface area contributed by atoms with Crippen molar-refractivity contribution >= 4 is 22.4 Å². The van der Waals surface area contributed by atoms with Gasteiger partial charge in [0.05, 0.1) is 12.7 Å². The Labute approximate surface area is 186 Å². The van der Waals surface area contributed by atoms with Gasteiger partial charge < -0.3 is 19.1 Å². The topological polar surface area (TPSA) is 60.7 Å². The number of benzene rings is 3. The maximum absolute atomic E-state index is 13.3. The van der Waals surface area contributed by atoms with Gasteiger partial charge in [-0.25, -0.2) is 4.79 Å². The van der Waals surface area contributed by atoms with Crippen molar-refractivity contribution in [1.82, 2.24) is 4.57 Å². The fourth-order valence-electron chi connectivity index (χ4n) is 4.41. The highest BCUT2D eigenvalue weighted by atomic mass is 16.7. The number of rotatable bonds is 5. The molecule has 32 heavy (non-hydrogen) atoms. The van der Waals surface area contributed by atoms with E-state index < -0.39 is 11.8 Å². The molecule has 1 unspecified atom stereocenters. The first kappa shape index (κ1) is 20.1.